The first-order chi connectivity index (χ1) is 13.2. The van der Waals surface area contributed by atoms with Crippen molar-refractivity contribution >= 4 is 11.9 Å². The lowest BCUT2D eigenvalue weighted by molar-refractivity contribution is -0.134. The molecule has 1 amide bonds. The molecule has 3 rings (SSSR count). The Bertz CT molecular complexity index is 664. The summed E-state index contributed by atoms with van der Waals surface area (Å²) in [6.45, 7) is 4.65. The van der Waals surface area contributed by atoms with E-state index in [1.165, 1.54) is 6.42 Å². The highest BCUT2D eigenvalue weighted by Gasteiger charge is 2.23. The minimum Gasteiger partial charge on any atom is -0.486 e. The van der Waals surface area contributed by atoms with Crippen molar-refractivity contribution in [2.45, 2.75) is 44.8 Å². The van der Waals surface area contributed by atoms with Gasteiger partial charge in [-0.3, -0.25) is 9.79 Å². The van der Waals surface area contributed by atoms with Gasteiger partial charge in [0.15, 0.2) is 17.5 Å². The van der Waals surface area contributed by atoms with E-state index in [0.29, 0.717) is 38.1 Å². The normalized spacial score (nSPS) is 22.3. The molecular weight excluding hydrogens is 344 g/mol. The van der Waals surface area contributed by atoms with Crippen LogP contribution in [0.15, 0.2) is 29.3 Å². The lowest BCUT2D eigenvalue weighted by Gasteiger charge is -2.33. The van der Waals surface area contributed by atoms with E-state index >= 15 is 0 Å². The van der Waals surface area contributed by atoms with Gasteiger partial charge < -0.3 is 25.0 Å². The molecule has 2 aliphatic rings. The molecule has 1 fully saturated rings. The minimum atomic E-state index is -0.0886. The van der Waals surface area contributed by atoms with Crippen LogP contribution in [0.25, 0.3) is 0 Å². The van der Waals surface area contributed by atoms with Gasteiger partial charge in [-0.25, -0.2) is 0 Å². The average molecular weight is 374 g/mol. The number of ether oxygens (including phenoxy) is 2. The Morgan fingerprint density at radius 3 is 2.85 bits per heavy atom. The van der Waals surface area contributed by atoms with Crippen molar-refractivity contribution in [3.05, 3.63) is 24.3 Å². The van der Waals surface area contributed by atoms with Gasteiger partial charge >= 0.3 is 0 Å². The quantitative estimate of drug-likeness (QED) is 0.607. The van der Waals surface area contributed by atoms with E-state index in [1.807, 2.05) is 29.2 Å². The Morgan fingerprint density at radius 1 is 1.26 bits per heavy atom. The number of aliphatic imine (C=N–C) groups is 1. The molecule has 7 nitrogen and oxygen atoms in total. The number of para-hydroxylation sites is 2. The molecule has 7 heteroatoms. The summed E-state index contributed by atoms with van der Waals surface area (Å²) in [6.07, 6.45) is 3.82. The van der Waals surface area contributed by atoms with Crippen molar-refractivity contribution in [1.82, 2.24) is 15.5 Å². The zero-order valence-corrected chi connectivity index (χ0v) is 16.2. The van der Waals surface area contributed by atoms with Gasteiger partial charge in [-0.2, -0.15) is 0 Å². The number of hydrogen-bond donors (Lipinski definition) is 2. The molecule has 2 N–H and O–H groups in total. The van der Waals surface area contributed by atoms with E-state index in [4.69, 9.17) is 9.47 Å². The molecule has 0 aliphatic carbocycles. The fraction of sp³-hybridized carbons (Fsp3) is 0.600. The fourth-order valence-electron chi connectivity index (χ4n) is 3.49. The lowest BCUT2D eigenvalue weighted by Crippen LogP contribution is -2.47. The van der Waals surface area contributed by atoms with Crippen molar-refractivity contribution in [2.24, 2.45) is 4.99 Å². The number of fused-ring (bicyclic) bond motifs is 1. The first kappa shape index (κ1) is 19.3. The number of nitrogens with one attached hydrogen (secondary N) is 2. The smallest absolute Gasteiger partial charge is 0.224 e. The average Bonchev–Trinajstić information content (AvgIpc) is 2.70. The van der Waals surface area contributed by atoms with E-state index in [1.54, 1.807) is 7.05 Å². The molecule has 148 valence electrons. The Hall–Kier alpha value is -2.44. The number of likely N-dealkylation sites (tertiary alicyclic amines) is 1. The van der Waals surface area contributed by atoms with Crippen LogP contribution in [-0.2, 0) is 4.79 Å². The highest BCUT2D eigenvalue weighted by molar-refractivity contribution is 5.81. The van der Waals surface area contributed by atoms with Crippen molar-refractivity contribution < 1.29 is 14.3 Å². The summed E-state index contributed by atoms with van der Waals surface area (Å²) in [5.74, 6) is 2.42. The third-order valence-corrected chi connectivity index (χ3v) is 5.04. The molecule has 27 heavy (non-hydrogen) atoms. The second kappa shape index (κ2) is 9.48. The second-order valence-electron chi connectivity index (χ2n) is 7.06. The van der Waals surface area contributed by atoms with Gasteiger partial charge in [-0.05, 0) is 38.3 Å². The maximum Gasteiger partial charge on any atom is 0.224 e. The van der Waals surface area contributed by atoms with Crippen LogP contribution in [0.5, 0.6) is 11.5 Å². The van der Waals surface area contributed by atoms with E-state index in [9.17, 15) is 4.79 Å². The van der Waals surface area contributed by atoms with Crippen molar-refractivity contribution in [3.8, 4) is 11.5 Å². The number of hydrogen-bond acceptors (Lipinski definition) is 4. The molecule has 0 radical (unpaired) electrons. The van der Waals surface area contributed by atoms with E-state index in [-0.39, 0.29) is 12.0 Å². The maximum absolute atomic E-state index is 12.4. The summed E-state index contributed by atoms with van der Waals surface area (Å²) in [7, 11) is 1.72. The molecule has 1 aromatic carbocycles. The predicted molar refractivity (Wildman–Crippen MR) is 105 cm³/mol. The Labute approximate surface area is 161 Å². The van der Waals surface area contributed by atoms with E-state index < -0.39 is 0 Å². The van der Waals surface area contributed by atoms with Crippen molar-refractivity contribution in [2.75, 3.05) is 33.3 Å². The minimum absolute atomic E-state index is 0.0886. The Kier molecular flexibility index (Phi) is 6.79. The van der Waals surface area contributed by atoms with Crippen LogP contribution >= 0.6 is 0 Å². The van der Waals surface area contributed by atoms with Gasteiger partial charge in [-0.15, -0.1) is 0 Å². The summed E-state index contributed by atoms with van der Waals surface area (Å²) in [6, 6.07) is 8.02. The molecular formula is C20H30N4O3. The number of piperidine rings is 1. The first-order valence-corrected chi connectivity index (χ1v) is 9.80. The second-order valence-corrected chi connectivity index (χ2v) is 7.06. The maximum atomic E-state index is 12.4. The number of amides is 1. The van der Waals surface area contributed by atoms with Gasteiger partial charge in [0.1, 0.15) is 12.7 Å². The molecule has 0 spiro atoms. The molecule has 0 saturated carbocycles. The molecule has 2 heterocycles. The number of carbonyl (C=O) groups is 1. The molecule has 2 unspecified atom stereocenters. The highest BCUT2D eigenvalue weighted by atomic mass is 16.6. The van der Waals surface area contributed by atoms with Crippen LogP contribution in [0.2, 0.25) is 0 Å². The third-order valence-electron chi connectivity index (χ3n) is 5.04. The summed E-state index contributed by atoms with van der Waals surface area (Å²) in [5.41, 5.74) is 0. The largest absolute Gasteiger partial charge is 0.486 e. The number of guanidine groups is 1. The summed E-state index contributed by atoms with van der Waals surface area (Å²) in [4.78, 5) is 18.6. The Balaban J connectivity index is 1.38. The zero-order valence-electron chi connectivity index (χ0n) is 16.2. The summed E-state index contributed by atoms with van der Waals surface area (Å²) >= 11 is 0. The first-order valence-electron chi connectivity index (χ1n) is 9.80. The van der Waals surface area contributed by atoms with E-state index in [2.05, 4.69) is 22.5 Å². The standard InChI is InChI=1S/C20H30N4O3/c1-15-7-5-6-12-24(15)19(25)10-11-22-20(21-2)23-13-16-14-26-17-8-3-4-9-18(17)27-16/h3-4,8-9,15-16H,5-7,10-14H2,1-2H3,(H2,21,22,23). The SMILES string of the molecule is CN=C(NCCC(=O)N1CCCCC1C)NCC1COc2ccccc2O1. The van der Waals surface area contributed by atoms with Crippen LogP contribution in [0.1, 0.15) is 32.6 Å². The highest BCUT2D eigenvalue weighted by Crippen LogP contribution is 2.30. The summed E-state index contributed by atoms with van der Waals surface area (Å²) < 4.78 is 11.6. The molecule has 2 aliphatic heterocycles. The Morgan fingerprint density at radius 2 is 2.07 bits per heavy atom. The number of rotatable bonds is 5. The number of carbonyl (C=O) groups excluding carboxylic acids is 1. The molecule has 0 aromatic heterocycles. The van der Waals surface area contributed by atoms with Crippen molar-refractivity contribution in [1.29, 1.82) is 0 Å². The van der Waals surface area contributed by atoms with E-state index in [0.717, 1.165) is 30.9 Å². The zero-order chi connectivity index (χ0) is 19.1. The molecule has 1 aromatic rings. The molecule has 0 bridgehead atoms. The van der Waals surface area contributed by atoms with Gasteiger partial charge in [0.05, 0.1) is 6.54 Å². The molecule has 2 atom stereocenters. The molecule has 1 saturated heterocycles. The van der Waals surface area contributed by atoms with Crippen LogP contribution in [0.4, 0.5) is 0 Å². The predicted octanol–water partition coefficient (Wildman–Crippen LogP) is 1.78. The van der Waals surface area contributed by atoms with Crippen LogP contribution in [0.3, 0.4) is 0 Å². The van der Waals surface area contributed by atoms with Crippen LogP contribution < -0.4 is 20.1 Å². The number of benzene rings is 1. The van der Waals surface area contributed by atoms with Gasteiger partial charge in [0.25, 0.3) is 0 Å². The lowest BCUT2D eigenvalue weighted by atomic mass is 10.0. The topological polar surface area (TPSA) is 75.2 Å². The van der Waals surface area contributed by atoms with Crippen molar-refractivity contribution in [3.63, 3.8) is 0 Å². The third kappa shape index (κ3) is 5.28. The van der Waals surface area contributed by atoms with Gasteiger partial charge in [-0.1, -0.05) is 12.1 Å². The van der Waals surface area contributed by atoms with Crippen LogP contribution in [-0.4, -0.2) is 62.2 Å². The monoisotopic (exact) mass is 374 g/mol. The summed E-state index contributed by atoms with van der Waals surface area (Å²) in [5, 5.41) is 6.45. The fourth-order valence-corrected chi connectivity index (χ4v) is 3.49. The van der Waals surface area contributed by atoms with Crippen LogP contribution in [0, 0.1) is 0 Å². The number of nitrogens with zero attached hydrogens (tertiary/aromatic N) is 2. The van der Waals surface area contributed by atoms with Gasteiger partial charge in [0.2, 0.25) is 5.91 Å². The van der Waals surface area contributed by atoms with Gasteiger partial charge in [0, 0.05) is 32.6 Å².